The number of nitrogens with zero attached hydrogens (tertiary/aromatic N) is 2. The Morgan fingerprint density at radius 1 is 1.64 bits per heavy atom. The Morgan fingerprint density at radius 2 is 2.36 bits per heavy atom. The maximum Gasteiger partial charge on any atom is 0.257 e. The van der Waals surface area contributed by atoms with Gasteiger partial charge in [0.15, 0.2) is 0 Å². The summed E-state index contributed by atoms with van der Waals surface area (Å²) in [7, 11) is 0. The van der Waals surface area contributed by atoms with Gasteiger partial charge in [0.2, 0.25) is 0 Å². The molecule has 0 radical (unpaired) electrons. The number of alkyl halides is 2. The molecule has 0 saturated heterocycles. The topological polar surface area (TPSA) is 43.8 Å². The molecule has 0 bridgehead atoms. The van der Waals surface area contributed by atoms with Gasteiger partial charge in [-0.1, -0.05) is 0 Å². The Kier molecular flexibility index (Phi) is 2.53. The van der Waals surface area contributed by atoms with Gasteiger partial charge in [-0.3, -0.25) is 4.68 Å². The van der Waals surface area contributed by atoms with Crippen LogP contribution >= 0.6 is 0 Å². The first-order valence-corrected chi connectivity index (χ1v) is 3.23. The van der Waals surface area contributed by atoms with Crippen LogP contribution in [0.4, 0.5) is 8.78 Å². The molecule has 0 aliphatic carbocycles. The highest BCUT2D eigenvalue weighted by molar-refractivity contribution is 4.97. The summed E-state index contributed by atoms with van der Waals surface area (Å²) in [4.78, 5) is 0. The molecule has 0 fully saturated rings. The van der Waals surface area contributed by atoms with Crippen LogP contribution in [0.3, 0.4) is 0 Å². The second-order valence-corrected chi connectivity index (χ2v) is 2.12. The normalized spacial score (nSPS) is 10.9. The molecular weight excluding hydrogens is 152 g/mol. The van der Waals surface area contributed by atoms with Crippen molar-refractivity contribution >= 4 is 0 Å². The van der Waals surface area contributed by atoms with E-state index in [1.54, 1.807) is 6.07 Å². The summed E-state index contributed by atoms with van der Waals surface area (Å²) in [5, 5.41) is 3.78. The van der Waals surface area contributed by atoms with Crippen molar-refractivity contribution in [1.29, 1.82) is 0 Å². The van der Waals surface area contributed by atoms with E-state index in [-0.39, 0.29) is 13.1 Å². The maximum absolute atomic E-state index is 11.7. The van der Waals surface area contributed by atoms with Gasteiger partial charge in [0.1, 0.15) is 6.54 Å². The number of hydrogen-bond acceptors (Lipinski definition) is 2. The van der Waals surface area contributed by atoms with E-state index in [4.69, 9.17) is 5.73 Å². The third kappa shape index (κ3) is 2.27. The van der Waals surface area contributed by atoms with Crippen LogP contribution in [0.15, 0.2) is 12.3 Å². The number of nitrogens with two attached hydrogens (primary N) is 1. The molecule has 62 valence electrons. The summed E-state index contributed by atoms with van der Waals surface area (Å²) in [6.07, 6.45) is -0.866. The fourth-order valence-corrected chi connectivity index (χ4v) is 0.756. The van der Waals surface area contributed by atoms with Crippen LogP contribution in [-0.2, 0) is 13.1 Å². The van der Waals surface area contributed by atoms with Crippen molar-refractivity contribution in [2.45, 2.75) is 19.5 Å². The smallest absolute Gasteiger partial charge is 0.257 e. The highest BCUT2D eigenvalue weighted by atomic mass is 19.3. The molecule has 1 aromatic rings. The lowest BCUT2D eigenvalue weighted by atomic mass is 10.4. The number of halogens is 2. The fourth-order valence-electron chi connectivity index (χ4n) is 0.756. The maximum atomic E-state index is 11.7. The minimum Gasteiger partial charge on any atom is -0.325 e. The van der Waals surface area contributed by atoms with E-state index < -0.39 is 6.43 Å². The van der Waals surface area contributed by atoms with Crippen molar-refractivity contribution in [3.8, 4) is 0 Å². The number of rotatable bonds is 3. The van der Waals surface area contributed by atoms with Crippen LogP contribution in [0.1, 0.15) is 5.69 Å². The molecule has 11 heavy (non-hydrogen) atoms. The standard InChI is InChI=1S/C6H9F2N3/c7-6(8)4-11-2-1-5(3-9)10-11/h1-2,6H,3-4,9H2. The van der Waals surface area contributed by atoms with E-state index in [1.807, 2.05) is 0 Å². The average molecular weight is 161 g/mol. The lowest BCUT2D eigenvalue weighted by Crippen LogP contribution is -2.08. The third-order valence-corrected chi connectivity index (χ3v) is 1.23. The van der Waals surface area contributed by atoms with Crippen LogP contribution in [0, 0.1) is 0 Å². The van der Waals surface area contributed by atoms with Crippen LogP contribution in [0.2, 0.25) is 0 Å². The predicted octanol–water partition coefficient (Wildman–Crippen LogP) is 0.607. The van der Waals surface area contributed by atoms with Gasteiger partial charge in [-0.2, -0.15) is 5.10 Å². The SMILES string of the molecule is NCc1ccn(CC(F)F)n1. The van der Waals surface area contributed by atoms with E-state index in [1.165, 1.54) is 10.9 Å². The summed E-state index contributed by atoms with van der Waals surface area (Å²) in [6.45, 7) is -0.0732. The Balaban J connectivity index is 2.58. The average Bonchev–Trinajstić information content (AvgIpc) is 2.34. The van der Waals surface area contributed by atoms with Crippen molar-refractivity contribution in [1.82, 2.24) is 9.78 Å². The zero-order valence-electron chi connectivity index (χ0n) is 5.87. The van der Waals surface area contributed by atoms with E-state index >= 15 is 0 Å². The van der Waals surface area contributed by atoms with Gasteiger partial charge in [-0.15, -0.1) is 0 Å². The van der Waals surface area contributed by atoms with Gasteiger partial charge >= 0.3 is 0 Å². The molecule has 0 saturated carbocycles. The zero-order valence-corrected chi connectivity index (χ0v) is 5.87. The second kappa shape index (κ2) is 3.43. The van der Waals surface area contributed by atoms with Crippen LogP contribution < -0.4 is 5.73 Å². The molecule has 0 aliphatic heterocycles. The Labute approximate surface area is 62.8 Å². The number of hydrogen-bond donors (Lipinski definition) is 1. The largest absolute Gasteiger partial charge is 0.325 e. The molecule has 2 N–H and O–H groups in total. The van der Waals surface area contributed by atoms with Gasteiger partial charge < -0.3 is 5.73 Å². The lowest BCUT2D eigenvalue weighted by Gasteiger charge is -1.97. The molecule has 0 aliphatic rings. The molecule has 0 unspecified atom stereocenters. The molecule has 0 amide bonds. The van der Waals surface area contributed by atoms with E-state index in [2.05, 4.69) is 5.10 Å². The van der Waals surface area contributed by atoms with Gasteiger partial charge in [-0.25, -0.2) is 8.78 Å². The Bertz CT molecular complexity index is 221. The minimum absolute atomic E-state index is 0.288. The molecule has 3 nitrogen and oxygen atoms in total. The molecule has 1 heterocycles. The Morgan fingerprint density at radius 3 is 2.82 bits per heavy atom. The van der Waals surface area contributed by atoms with Crippen molar-refractivity contribution in [2.75, 3.05) is 0 Å². The highest BCUT2D eigenvalue weighted by Crippen LogP contribution is 1.99. The predicted molar refractivity (Wildman–Crippen MR) is 36.1 cm³/mol. The fraction of sp³-hybridized carbons (Fsp3) is 0.500. The van der Waals surface area contributed by atoms with Gasteiger partial charge in [0.05, 0.1) is 5.69 Å². The summed E-state index contributed by atoms with van der Waals surface area (Å²) >= 11 is 0. The highest BCUT2D eigenvalue weighted by Gasteiger charge is 2.04. The second-order valence-electron chi connectivity index (χ2n) is 2.12. The molecule has 0 atom stereocenters. The monoisotopic (exact) mass is 161 g/mol. The van der Waals surface area contributed by atoms with Crippen molar-refractivity contribution < 1.29 is 8.78 Å². The molecule has 1 aromatic heterocycles. The third-order valence-electron chi connectivity index (χ3n) is 1.23. The Hall–Kier alpha value is -0.970. The summed E-state index contributed by atoms with van der Waals surface area (Å²) in [5.41, 5.74) is 5.86. The van der Waals surface area contributed by atoms with Crippen LogP contribution in [-0.4, -0.2) is 16.2 Å². The summed E-state index contributed by atoms with van der Waals surface area (Å²) in [5.74, 6) is 0. The van der Waals surface area contributed by atoms with E-state index in [0.29, 0.717) is 5.69 Å². The van der Waals surface area contributed by atoms with Gasteiger partial charge in [0, 0.05) is 12.7 Å². The summed E-state index contributed by atoms with van der Waals surface area (Å²) < 4.78 is 24.7. The lowest BCUT2D eigenvalue weighted by molar-refractivity contribution is 0.121. The first kappa shape index (κ1) is 8.13. The number of aromatic nitrogens is 2. The van der Waals surface area contributed by atoms with Crippen LogP contribution in [0.5, 0.6) is 0 Å². The van der Waals surface area contributed by atoms with Gasteiger partial charge in [-0.05, 0) is 6.07 Å². The van der Waals surface area contributed by atoms with Crippen molar-refractivity contribution in [2.24, 2.45) is 5.73 Å². The molecule has 1 rings (SSSR count). The first-order valence-electron chi connectivity index (χ1n) is 3.23. The minimum atomic E-state index is -2.36. The zero-order chi connectivity index (χ0) is 8.27. The molecule has 0 spiro atoms. The van der Waals surface area contributed by atoms with Crippen LogP contribution in [0.25, 0.3) is 0 Å². The quantitative estimate of drug-likeness (QED) is 0.705. The van der Waals surface area contributed by atoms with Gasteiger partial charge in [0.25, 0.3) is 6.43 Å². The first-order chi connectivity index (χ1) is 5.22. The molecule has 0 aromatic carbocycles. The molecular formula is C6H9F2N3. The van der Waals surface area contributed by atoms with E-state index in [9.17, 15) is 8.78 Å². The van der Waals surface area contributed by atoms with Crippen molar-refractivity contribution in [3.05, 3.63) is 18.0 Å². The van der Waals surface area contributed by atoms with Crippen molar-refractivity contribution in [3.63, 3.8) is 0 Å². The molecule has 5 heteroatoms. The summed E-state index contributed by atoms with van der Waals surface area (Å²) in [6, 6.07) is 1.63. The van der Waals surface area contributed by atoms with E-state index in [0.717, 1.165) is 0 Å².